The highest BCUT2D eigenvalue weighted by molar-refractivity contribution is 5.76. The Labute approximate surface area is 134 Å². The van der Waals surface area contributed by atoms with E-state index < -0.39 is 0 Å². The molecule has 2 aromatic rings. The van der Waals surface area contributed by atoms with Crippen molar-refractivity contribution in [2.45, 2.75) is 38.1 Å². The van der Waals surface area contributed by atoms with Crippen LogP contribution < -0.4 is 5.32 Å². The molecule has 1 fully saturated rings. The second kappa shape index (κ2) is 7.32. The van der Waals surface area contributed by atoms with Crippen LogP contribution >= 0.6 is 0 Å². The number of amides is 1. The fourth-order valence-electron chi connectivity index (χ4n) is 2.52. The van der Waals surface area contributed by atoms with Crippen LogP contribution in [0.3, 0.4) is 0 Å². The van der Waals surface area contributed by atoms with Crippen molar-refractivity contribution in [1.29, 1.82) is 0 Å². The summed E-state index contributed by atoms with van der Waals surface area (Å²) in [7, 11) is 0. The SMILES string of the molecule is O=C(CCc1nc(-c2ccccn2)no1)NC(CCO)C1CC1. The molecule has 3 rings (SSSR count). The number of carbonyl (C=O) groups excluding carboxylic acids is 1. The Kier molecular flexibility index (Phi) is 4.97. The van der Waals surface area contributed by atoms with Crippen LogP contribution in [0.25, 0.3) is 11.5 Å². The lowest BCUT2D eigenvalue weighted by Crippen LogP contribution is -2.37. The molecule has 1 aliphatic rings. The molecule has 7 nitrogen and oxygen atoms in total. The molecule has 1 amide bonds. The van der Waals surface area contributed by atoms with Gasteiger partial charge < -0.3 is 14.9 Å². The minimum absolute atomic E-state index is 0.0482. The average Bonchev–Trinajstić information content (AvgIpc) is 3.31. The summed E-state index contributed by atoms with van der Waals surface area (Å²) in [5.41, 5.74) is 0.642. The van der Waals surface area contributed by atoms with Gasteiger partial charge in [0.05, 0.1) is 0 Å². The van der Waals surface area contributed by atoms with E-state index in [0.29, 0.717) is 42.6 Å². The Morgan fingerprint density at radius 3 is 3.00 bits per heavy atom. The Morgan fingerprint density at radius 2 is 2.30 bits per heavy atom. The molecular weight excluding hydrogens is 296 g/mol. The summed E-state index contributed by atoms with van der Waals surface area (Å²) in [4.78, 5) is 20.4. The quantitative estimate of drug-likeness (QED) is 0.762. The first-order valence-electron chi connectivity index (χ1n) is 7.90. The molecule has 0 spiro atoms. The second-order valence-corrected chi connectivity index (χ2v) is 5.75. The molecule has 2 aromatic heterocycles. The van der Waals surface area contributed by atoms with E-state index in [-0.39, 0.29) is 18.6 Å². The molecular formula is C16H20N4O3. The van der Waals surface area contributed by atoms with E-state index in [1.54, 1.807) is 12.3 Å². The summed E-state index contributed by atoms with van der Waals surface area (Å²) in [6.45, 7) is 0.0958. The predicted octanol–water partition coefficient (Wildman–Crippen LogP) is 1.34. The van der Waals surface area contributed by atoms with Crippen molar-refractivity contribution < 1.29 is 14.4 Å². The largest absolute Gasteiger partial charge is 0.396 e. The smallest absolute Gasteiger partial charge is 0.227 e. The third kappa shape index (κ3) is 4.35. The van der Waals surface area contributed by atoms with Crippen molar-refractivity contribution in [3.63, 3.8) is 0 Å². The topological polar surface area (TPSA) is 101 Å². The number of rotatable bonds is 8. The van der Waals surface area contributed by atoms with Gasteiger partial charge in [-0.2, -0.15) is 4.98 Å². The van der Waals surface area contributed by atoms with E-state index in [2.05, 4.69) is 20.4 Å². The van der Waals surface area contributed by atoms with Gasteiger partial charge in [-0.3, -0.25) is 9.78 Å². The lowest BCUT2D eigenvalue weighted by atomic mass is 10.1. The zero-order valence-electron chi connectivity index (χ0n) is 12.8. The van der Waals surface area contributed by atoms with Crippen molar-refractivity contribution in [3.05, 3.63) is 30.3 Å². The van der Waals surface area contributed by atoms with Gasteiger partial charge in [0.2, 0.25) is 17.6 Å². The van der Waals surface area contributed by atoms with Crippen LogP contribution in [0.15, 0.2) is 28.9 Å². The number of aryl methyl sites for hydroxylation is 1. The van der Waals surface area contributed by atoms with Gasteiger partial charge in [-0.25, -0.2) is 0 Å². The first-order chi connectivity index (χ1) is 11.3. The zero-order valence-corrected chi connectivity index (χ0v) is 12.8. The third-order valence-electron chi connectivity index (χ3n) is 3.91. The van der Waals surface area contributed by atoms with Gasteiger partial charge in [0, 0.05) is 31.7 Å². The van der Waals surface area contributed by atoms with Gasteiger partial charge in [0.1, 0.15) is 5.69 Å². The van der Waals surface area contributed by atoms with E-state index >= 15 is 0 Å². The van der Waals surface area contributed by atoms with Crippen LogP contribution in [0.5, 0.6) is 0 Å². The number of aliphatic hydroxyl groups excluding tert-OH is 1. The Balaban J connectivity index is 1.50. The van der Waals surface area contributed by atoms with Crippen molar-refractivity contribution in [2.75, 3.05) is 6.61 Å². The van der Waals surface area contributed by atoms with E-state index in [4.69, 9.17) is 9.63 Å². The van der Waals surface area contributed by atoms with Gasteiger partial charge in [-0.15, -0.1) is 0 Å². The number of pyridine rings is 1. The van der Waals surface area contributed by atoms with Crippen molar-refractivity contribution in [2.24, 2.45) is 5.92 Å². The molecule has 2 N–H and O–H groups in total. The van der Waals surface area contributed by atoms with E-state index in [1.807, 2.05) is 12.1 Å². The van der Waals surface area contributed by atoms with Gasteiger partial charge in [-0.1, -0.05) is 11.2 Å². The van der Waals surface area contributed by atoms with Crippen molar-refractivity contribution in [1.82, 2.24) is 20.4 Å². The van der Waals surface area contributed by atoms with Crippen LogP contribution in [0.4, 0.5) is 0 Å². The number of aromatic nitrogens is 3. The number of hydrogen-bond donors (Lipinski definition) is 2. The van der Waals surface area contributed by atoms with Crippen LogP contribution in [-0.4, -0.2) is 38.8 Å². The number of hydrogen-bond acceptors (Lipinski definition) is 6. The van der Waals surface area contributed by atoms with Gasteiger partial charge in [0.15, 0.2) is 0 Å². The highest BCUT2D eigenvalue weighted by Crippen LogP contribution is 2.33. The third-order valence-corrected chi connectivity index (χ3v) is 3.91. The van der Waals surface area contributed by atoms with Crippen LogP contribution in [0, 0.1) is 5.92 Å². The van der Waals surface area contributed by atoms with E-state index in [9.17, 15) is 4.79 Å². The van der Waals surface area contributed by atoms with Crippen LogP contribution in [0.2, 0.25) is 0 Å². The minimum atomic E-state index is -0.0482. The molecule has 0 bridgehead atoms. The van der Waals surface area contributed by atoms with E-state index in [0.717, 1.165) is 12.8 Å². The second-order valence-electron chi connectivity index (χ2n) is 5.75. The molecule has 0 aromatic carbocycles. The first-order valence-corrected chi connectivity index (χ1v) is 7.90. The molecule has 1 saturated carbocycles. The first kappa shape index (κ1) is 15.6. The summed E-state index contributed by atoms with van der Waals surface area (Å²) < 4.78 is 5.16. The number of carbonyl (C=O) groups is 1. The zero-order chi connectivity index (χ0) is 16.1. The monoisotopic (exact) mass is 316 g/mol. The van der Waals surface area contributed by atoms with E-state index in [1.165, 1.54) is 0 Å². The maximum atomic E-state index is 12.0. The lowest BCUT2D eigenvalue weighted by molar-refractivity contribution is -0.122. The lowest BCUT2D eigenvalue weighted by Gasteiger charge is -2.16. The maximum Gasteiger partial charge on any atom is 0.227 e. The molecule has 2 heterocycles. The van der Waals surface area contributed by atoms with Crippen molar-refractivity contribution in [3.8, 4) is 11.5 Å². The average molecular weight is 316 g/mol. The summed E-state index contributed by atoms with van der Waals surface area (Å²) in [6.07, 6.45) is 5.21. The fraction of sp³-hybridized carbons (Fsp3) is 0.500. The molecule has 0 radical (unpaired) electrons. The molecule has 1 aliphatic carbocycles. The number of nitrogens with zero attached hydrogens (tertiary/aromatic N) is 3. The molecule has 1 unspecified atom stereocenters. The Bertz CT molecular complexity index is 640. The van der Waals surface area contributed by atoms with Crippen molar-refractivity contribution >= 4 is 5.91 Å². The molecule has 1 atom stereocenters. The summed E-state index contributed by atoms with van der Waals surface area (Å²) >= 11 is 0. The number of nitrogens with one attached hydrogen (secondary N) is 1. The standard InChI is InChI=1S/C16H20N4O3/c21-10-8-12(11-4-5-11)18-14(22)6-7-15-19-16(20-23-15)13-3-1-2-9-17-13/h1-3,9,11-12,21H,4-8,10H2,(H,18,22). The molecule has 0 saturated heterocycles. The minimum Gasteiger partial charge on any atom is -0.396 e. The summed E-state index contributed by atoms with van der Waals surface area (Å²) in [5, 5.41) is 15.9. The highest BCUT2D eigenvalue weighted by Gasteiger charge is 2.31. The predicted molar refractivity (Wildman–Crippen MR) is 82.2 cm³/mol. The maximum absolute atomic E-state index is 12.0. The molecule has 122 valence electrons. The van der Waals surface area contributed by atoms with Gasteiger partial charge >= 0.3 is 0 Å². The Morgan fingerprint density at radius 1 is 1.43 bits per heavy atom. The van der Waals surface area contributed by atoms with Gasteiger partial charge in [0.25, 0.3) is 0 Å². The molecule has 0 aliphatic heterocycles. The van der Waals surface area contributed by atoms with Crippen LogP contribution in [-0.2, 0) is 11.2 Å². The number of aliphatic hydroxyl groups is 1. The Hall–Kier alpha value is -2.28. The molecule has 7 heteroatoms. The molecule has 23 heavy (non-hydrogen) atoms. The fourth-order valence-corrected chi connectivity index (χ4v) is 2.52. The summed E-state index contributed by atoms with van der Waals surface area (Å²) in [6, 6.07) is 5.55. The normalized spacial score (nSPS) is 15.3. The van der Waals surface area contributed by atoms with Crippen LogP contribution in [0.1, 0.15) is 31.6 Å². The van der Waals surface area contributed by atoms with Gasteiger partial charge in [-0.05, 0) is 37.3 Å². The summed E-state index contributed by atoms with van der Waals surface area (Å²) in [5.74, 6) is 1.32. The highest BCUT2D eigenvalue weighted by atomic mass is 16.5.